The average molecular weight is 203 g/mol. The lowest BCUT2D eigenvalue weighted by atomic mass is 10.1. The van der Waals surface area contributed by atoms with Crippen LogP contribution in [0.3, 0.4) is 0 Å². The summed E-state index contributed by atoms with van der Waals surface area (Å²) in [5.74, 6) is 0. The molecule has 0 amide bonds. The van der Waals surface area contributed by atoms with Gasteiger partial charge in [0.1, 0.15) is 0 Å². The molecule has 0 radical (unpaired) electrons. The molecule has 1 aliphatic heterocycles. The second-order valence-corrected chi connectivity index (χ2v) is 4.77. The van der Waals surface area contributed by atoms with Crippen molar-refractivity contribution in [1.82, 2.24) is 4.90 Å². The number of hydrogen-bond acceptors (Lipinski definition) is 2. The normalized spacial score (nSPS) is 25.5. The van der Waals surface area contributed by atoms with Crippen LogP contribution >= 0.6 is 0 Å². The van der Waals surface area contributed by atoms with Crippen LogP contribution in [0, 0.1) is 5.41 Å². The summed E-state index contributed by atoms with van der Waals surface area (Å²) in [7, 11) is 1.83. The van der Waals surface area contributed by atoms with Crippen LogP contribution < -0.4 is 0 Å². The van der Waals surface area contributed by atoms with Crippen molar-refractivity contribution in [2.75, 3.05) is 33.4 Å². The first kappa shape index (κ1) is 11.9. The van der Waals surface area contributed by atoms with E-state index in [1.54, 1.807) is 0 Å². The highest BCUT2D eigenvalue weighted by molar-refractivity contribution is 4.95. The van der Waals surface area contributed by atoms with E-state index in [0.717, 1.165) is 6.61 Å². The Morgan fingerprint density at radius 3 is 2.29 bits per heavy atom. The van der Waals surface area contributed by atoms with E-state index < -0.39 is 0 Å². The first-order valence-corrected chi connectivity index (χ1v) is 5.56. The van der Waals surface area contributed by atoms with Gasteiger partial charge in [0.2, 0.25) is 0 Å². The van der Waals surface area contributed by atoms with Gasteiger partial charge in [0.05, 0.1) is 6.61 Å². The van der Waals surface area contributed by atoms with Crippen molar-refractivity contribution in [3.05, 3.63) is 0 Å². The first-order chi connectivity index (χ1) is 6.35. The third-order valence-corrected chi connectivity index (χ3v) is 3.42. The SMILES string of the molecule is COCC1(CN2CCCCC2)CC1.F. The van der Waals surface area contributed by atoms with Gasteiger partial charge < -0.3 is 9.64 Å². The van der Waals surface area contributed by atoms with Crippen LogP contribution in [0.4, 0.5) is 4.70 Å². The summed E-state index contributed by atoms with van der Waals surface area (Å²) in [6.07, 6.45) is 7.02. The largest absolute Gasteiger partial charge is 0.384 e. The number of ether oxygens (including phenoxy) is 1. The first-order valence-electron chi connectivity index (χ1n) is 5.56. The highest BCUT2D eigenvalue weighted by Crippen LogP contribution is 2.46. The van der Waals surface area contributed by atoms with E-state index in [1.807, 2.05) is 7.11 Å². The van der Waals surface area contributed by atoms with Gasteiger partial charge in [-0.15, -0.1) is 0 Å². The molecule has 3 heteroatoms. The van der Waals surface area contributed by atoms with E-state index in [2.05, 4.69) is 4.90 Å². The fourth-order valence-electron chi connectivity index (χ4n) is 2.42. The van der Waals surface area contributed by atoms with Crippen LogP contribution in [0.15, 0.2) is 0 Å². The average Bonchev–Trinajstić information content (AvgIpc) is 2.87. The van der Waals surface area contributed by atoms with Crippen LogP contribution in [0.5, 0.6) is 0 Å². The van der Waals surface area contributed by atoms with Gasteiger partial charge in [-0.2, -0.15) is 0 Å². The van der Waals surface area contributed by atoms with Crippen molar-refractivity contribution < 1.29 is 9.44 Å². The van der Waals surface area contributed by atoms with Crippen LogP contribution in [0.2, 0.25) is 0 Å². The van der Waals surface area contributed by atoms with E-state index >= 15 is 0 Å². The maximum Gasteiger partial charge on any atom is 0.0530 e. The lowest BCUT2D eigenvalue weighted by Crippen LogP contribution is -2.36. The summed E-state index contributed by atoms with van der Waals surface area (Å²) in [4.78, 5) is 2.63. The van der Waals surface area contributed by atoms with Gasteiger partial charge in [0, 0.05) is 19.1 Å². The van der Waals surface area contributed by atoms with Gasteiger partial charge in [-0.05, 0) is 38.8 Å². The lowest BCUT2D eigenvalue weighted by Gasteiger charge is -2.30. The molecule has 2 fully saturated rings. The monoisotopic (exact) mass is 203 g/mol. The van der Waals surface area contributed by atoms with Gasteiger partial charge in [-0.3, -0.25) is 4.70 Å². The Morgan fingerprint density at radius 1 is 1.14 bits per heavy atom. The summed E-state index contributed by atoms with van der Waals surface area (Å²) in [6, 6.07) is 0. The van der Waals surface area contributed by atoms with Gasteiger partial charge in [0.25, 0.3) is 0 Å². The van der Waals surface area contributed by atoms with Gasteiger partial charge in [-0.1, -0.05) is 6.42 Å². The third-order valence-electron chi connectivity index (χ3n) is 3.42. The number of methoxy groups -OCH3 is 1. The minimum atomic E-state index is 0. The number of halogens is 1. The van der Waals surface area contributed by atoms with Gasteiger partial charge in [0.15, 0.2) is 0 Å². The molecule has 0 aromatic rings. The maximum absolute atomic E-state index is 5.28. The molecule has 14 heavy (non-hydrogen) atoms. The van der Waals surface area contributed by atoms with E-state index in [0.29, 0.717) is 5.41 Å². The van der Waals surface area contributed by atoms with E-state index in [4.69, 9.17) is 4.74 Å². The topological polar surface area (TPSA) is 12.5 Å². The Labute approximate surface area is 86.0 Å². The summed E-state index contributed by atoms with van der Waals surface area (Å²) < 4.78 is 5.28. The van der Waals surface area contributed by atoms with Crippen LogP contribution in [-0.4, -0.2) is 38.3 Å². The van der Waals surface area contributed by atoms with Crippen molar-refractivity contribution in [2.45, 2.75) is 32.1 Å². The maximum atomic E-state index is 5.28. The predicted molar refractivity (Wildman–Crippen MR) is 56.3 cm³/mol. The molecule has 1 heterocycles. The van der Waals surface area contributed by atoms with Crippen molar-refractivity contribution in [1.29, 1.82) is 0 Å². The fourth-order valence-corrected chi connectivity index (χ4v) is 2.42. The Bertz CT molecular complexity index is 165. The van der Waals surface area contributed by atoms with E-state index in [9.17, 15) is 0 Å². The Balaban J connectivity index is 0.000000980. The highest BCUT2D eigenvalue weighted by atomic mass is 19.0. The minimum Gasteiger partial charge on any atom is -0.384 e. The number of piperidine rings is 1. The number of likely N-dealkylation sites (tertiary alicyclic amines) is 1. The Kier molecular flexibility index (Phi) is 4.32. The van der Waals surface area contributed by atoms with Crippen molar-refractivity contribution in [3.8, 4) is 0 Å². The fraction of sp³-hybridized carbons (Fsp3) is 1.00. The summed E-state index contributed by atoms with van der Waals surface area (Å²) in [5.41, 5.74) is 0.562. The molecule has 84 valence electrons. The zero-order chi connectivity index (χ0) is 9.15. The molecule has 1 saturated heterocycles. The number of rotatable bonds is 4. The van der Waals surface area contributed by atoms with Crippen molar-refractivity contribution >= 4 is 0 Å². The van der Waals surface area contributed by atoms with Crippen molar-refractivity contribution in [3.63, 3.8) is 0 Å². The molecule has 0 atom stereocenters. The second-order valence-electron chi connectivity index (χ2n) is 4.77. The van der Waals surface area contributed by atoms with Gasteiger partial charge in [-0.25, -0.2) is 0 Å². The van der Waals surface area contributed by atoms with E-state index in [-0.39, 0.29) is 4.70 Å². The number of hydrogen-bond donors (Lipinski definition) is 0. The predicted octanol–water partition coefficient (Wildman–Crippen LogP) is 2.05. The molecule has 0 unspecified atom stereocenters. The molecule has 2 aliphatic rings. The lowest BCUT2D eigenvalue weighted by molar-refractivity contribution is 0.1000. The number of nitrogens with zero attached hydrogens (tertiary/aromatic N) is 1. The summed E-state index contributed by atoms with van der Waals surface area (Å²) in [5, 5.41) is 0. The van der Waals surface area contributed by atoms with Crippen LogP contribution in [-0.2, 0) is 4.74 Å². The standard InChI is InChI=1S/C11H21NO.FH/c1-13-10-11(5-6-11)9-12-7-3-2-4-8-12;/h2-10H2,1H3;1H. The molecule has 0 N–H and O–H groups in total. The zero-order valence-corrected chi connectivity index (χ0v) is 9.13. The summed E-state index contributed by atoms with van der Waals surface area (Å²) in [6.45, 7) is 4.92. The molecule has 1 saturated carbocycles. The van der Waals surface area contributed by atoms with E-state index in [1.165, 1.54) is 51.7 Å². The molecular weight excluding hydrogens is 181 g/mol. The van der Waals surface area contributed by atoms with Crippen LogP contribution in [0.1, 0.15) is 32.1 Å². The summed E-state index contributed by atoms with van der Waals surface area (Å²) >= 11 is 0. The Hall–Kier alpha value is -0.150. The molecule has 0 aromatic carbocycles. The Morgan fingerprint density at radius 2 is 1.79 bits per heavy atom. The zero-order valence-electron chi connectivity index (χ0n) is 9.13. The minimum absolute atomic E-state index is 0. The molecule has 0 spiro atoms. The smallest absolute Gasteiger partial charge is 0.0530 e. The van der Waals surface area contributed by atoms with Gasteiger partial charge >= 0.3 is 0 Å². The molecule has 0 bridgehead atoms. The highest BCUT2D eigenvalue weighted by Gasteiger charge is 2.43. The third kappa shape index (κ3) is 2.92. The van der Waals surface area contributed by atoms with Crippen molar-refractivity contribution in [2.24, 2.45) is 5.41 Å². The second kappa shape index (κ2) is 5.08. The molecular formula is C11H22FNO. The molecule has 0 aromatic heterocycles. The molecule has 2 rings (SSSR count). The van der Waals surface area contributed by atoms with Crippen LogP contribution in [0.25, 0.3) is 0 Å². The molecule has 2 nitrogen and oxygen atoms in total. The quantitative estimate of drug-likeness (QED) is 0.693. The molecule has 1 aliphatic carbocycles.